The van der Waals surface area contributed by atoms with Crippen LogP contribution in [-0.2, 0) is 21.9 Å². The highest BCUT2D eigenvalue weighted by atomic mass is 32.2. The number of aromatic nitrogens is 4. The van der Waals surface area contributed by atoms with Gasteiger partial charge in [-0.3, -0.25) is 14.2 Å². The van der Waals surface area contributed by atoms with E-state index in [0.29, 0.717) is 28.2 Å². The Bertz CT molecular complexity index is 1520. The molecule has 0 aliphatic heterocycles. The first-order valence-corrected chi connectivity index (χ1v) is 13.0. The molecule has 0 spiro atoms. The second-order valence-corrected chi connectivity index (χ2v) is 10.3. The van der Waals surface area contributed by atoms with E-state index in [1.54, 1.807) is 37.4 Å². The van der Waals surface area contributed by atoms with Crippen LogP contribution in [0, 0.1) is 0 Å². The first-order chi connectivity index (χ1) is 16.8. The maximum Gasteiger partial charge on any atom is 0.264 e. The third-order valence-corrected chi connectivity index (χ3v) is 7.83. The maximum absolute atomic E-state index is 12.9. The third kappa shape index (κ3) is 5.49. The molecule has 1 atom stereocenters. The van der Waals surface area contributed by atoms with Gasteiger partial charge in [0.25, 0.3) is 15.6 Å². The number of fused-ring (bicyclic) bond motifs is 1. The summed E-state index contributed by atoms with van der Waals surface area (Å²) in [7, 11) is -2.25. The summed E-state index contributed by atoms with van der Waals surface area (Å²) in [5, 5.41) is 3.23. The van der Waals surface area contributed by atoms with Gasteiger partial charge in [0.2, 0.25) is 11.9 Å². The van der Waals surface area contributed by atoms with Crippen molar-refractivity contribution in [1.82, 2.24) is 19.5 Å². The van der Waals surface area contributed by atoms with E-state index >= 15 is 0 Å². The smallest absolute Gasteiger partial charge is 0.264 e. The molecule has 0 aliphatic carbocycles. The summed E-state index contributed by atoms with van der Waals surface area (Å²) in [5.41, 5.74) is 0.823. The fourth-order valence-electron chi connectivity index (χ4n) is 3.22. The first kappa shape index (κ1) is 24.4. The van der Waals surface area contributed by atoms with Crippen LogP contribution in [0.4, 0.5) is 11.6 Å². The van der Waals surface area contributed by atoms with Gasteiger partial charge in [-0.1, -0.05) is 30.8 Å². The van der Waals surface area contributed by atoms with Crippen molar-refractivity contribution in [2.45, 2.75) is 28.6 Å². The summed E-state index contributed by atoms with van der Waals surface area (Å²) in [6.45, 7) is 1.86. The highest BCUT2D eigenvalue weighted by Crippen LogP contribution is 2.26. The molecule has 0 fully saturated rings. The Labute approximate surface area is 205 Å². The predicted molar refractivity (Wildman–Crippen MR) is 135 cm³/mol. The molecule has 4 rings (SSSR count). The molecule has 0 saturated carbocycles. The van der Waals surface area contributed by atoms with Crippen molar-refractivity contribution in [2.75, 3.05) is 10.0 Å². The van der Waals surface area contributed by atoms with Crippen LogP contribution in [0.3, 0.4) is 0 Å². The van der Waals surface area contributed by atoms with E-state index in [4.69, 9.17) is 0 Å². The summed E-state index contributed by atoms with van der Waals surface area (Å²) >= 11 is 1.20. The van der Waals surface area contributed by atoms with Crippen molar-refractivity contribution in [3.63, 3.8) is 0 Å². The highest BCUT2D eigenvalue weighted by Gasteiger charge is 2.22. The lowest BCUT2D eigenvalue weighted by atomic mass is 10.2. The highest BCUT2D eigenvalue weighted by molar-refractivity contribution is 8.00. The number of amides is 1. The molecule has 2 aromatic heterocycles. The number of nitrogens with one attached hydrogen (secondary N) is 2. The first-order valence-electron chi connectivity index (χ1n) is 10.6. The van der Waals surface area contributed by atoms with E-state index in [0.717, 1.165) is 0 Å². The molecule has 2 N–H and O–H groups in total. The van der Waals surface area contributed by atoms with E-state index < -0.39 is 15.3 Å². The number of hydrogen-bond donors (Lipinski definition) is 2. The Kier molecular flexibility index (Phi) is 7.12. The second-order valence-electron chi connectivity index (χ2n) is 7.48. The Morgan fingerprint density at radius 2 is 1.74 bits per heavy atom. The number of rotatable bonds is 8. The van der Waals surface area contributed by atoms with Crippen LogP contribution in [0.1, 0.15) is 13.3 Å². The summed E-state index contributed by atoms with van der Waals surface area (Å²) in [5.74, 6) is -0.323. The zero-order valence-corrected chi connectivity index (χ0v) is 20.5. The van der Waals surface area contributed by atoms with Gasteiger partial charge in [0.15, 0.2) is 5.16 Å². The SMILES string of the molecule is CCC(Sc1nc2ccccc2c(=O)n1C)C(=O)Nc1ccc(S(=O)(=O)Nc2ncccn2)cc1. The molecular weight excluding hydrogens is 488 g/mol. The Balaban J connectivity index is 1.47. The minimum absolute atomic E-state index is 0.000248. The number of hydrogen-bond acceptors (Lipinski definition) is 8. The number of carbonyl (C=O) groups is 1. The van der Waals surface area contributed by atoms with Crippen LogP contribution in [0.15, 0.2) is 81.8 Å². The monoisotopic (exact) mass is 510 g/mol. The fourth-order valence-corrected chi connectivity index (χ4v) is 5.16. The van der Waals surface area contributed by atoms with Crippen LogP contribution in [0.25, 0.3) is 10.9 Å². The third-order valence-electron chi connectivity index (χ3n) is 5.08. The van der Waals surface area contributed by atoms with Crippen molar-refractivity contribution in [2.24, 2.45) is 7.05 Å². The van der Waals surface area contributed by atoms with Crippen molar-refractivity contribution >= 4 is 50.2 Å². The van der Waals surface area contributed by atoms with E-state index in [9.17, 15) is 18.0 Å². The number of benzene rings is 2. The normalized spacial score (nSPS) is 12.3. The summed E-state index contributed by atoms with van der Waals surface area (Å²) in [6.07, 6.45) is 3.35. The zero-order valence-electron chi connectivity index (χ0n) is 18.9. The molecule has 0 aliphatic rings. The van der Waals surface area contributed by atoms with E-state index in [1.165, 1.54) is 53.0 Å². The largest absolute Gasteiger partial charge is 0.325 e. The number of nitrogens with zero attached hydrogens (tertiary/aromatic N) is 4. The molecule has 1 amide bonds. The van der Waals surface area contributed by atoms with Gasteiger partial charge < -0.3 is 5.32 Å². The Hall–Kier alpha value is -3.77. The van der Waals surface area contributed by atoms with Crippen molar-refractivity contribution < 1.29 is 13.2 Å². The second kappa shape index (κ2) is 10.2. The number of sulfonamides is 1. The minimum atomic E-state index is -3.88. The summed E-state index contributed by atoms with van der Waals surface area (Å²) in [6, 6.07) is 14.4. The van der Waals surface area contributed by atoms with Gasteiger partial charge in [0, 0.05) is 25.1 Å². The molecule has 4 aromatic rings. The maximum atomic E-state index is 12.9. The Morgan fingerprint density at radius 3 is 2.43 bits per heavy atom. The summed E-state index contributed by atoms with van der Waals surface area (Å²) < 4.78 is 28.8. The molecular formula is C23H22N6O4S2. The predicted octanol–water partition coefficient (Wildman–Crippen LogP) is 3.03. The van der Waals surface area contributed by atoms with Crippen LogP contribution in [0.2, 0.25) is 0 Å². The van der Waals surface area contributed by atoms with Crippen molar-refractivity contribution in [3.05, 3.63) is 77.3 Å². The average molecular weight is 511 g/mol. The molecule has 35 heavy (non-hydrogen) atoms. The molecule has 10 nitrogen and oxygen atoms in total. The number of para-hydroxylation sites is 1. The van der Waals surface area contributed by atoms with Gasteiger partial charge in [-0.05, 0) is 48.9 Å². The zero-order chi connectivity index (χ0) is 25.0. The molecule has 1 unspecified atom stereocenters. The average Bonchev–Trinajstić information content (AvgIpc) is 2.86. The van der Waals surface area contributed by atoms with E-state index in [1.807, 2.05) is 6.92 Å². The van der Waals surface area contributed by atoms with Gasteiger partial charge in [-0.25, -0.2) is 28.1 Å². The fraction of sp³-hybridized carbons (Fsp3) is 0.174. The van der Waals surface area contributed by atoms with Gasteiger partial charge >= 0.3 is 0 Å². The van der Waals surface area contributed by atoms with Gasteiger partial charge in [0.05, 0.1) is 21.0 Å². The number of carbonyl (C=O) groups excluding carboxylic acids is 1. The lowest BCUT2D eigenvalue weighted by molar-refractivity contribution is -0.115. The summed E-state index contributed by atoms with van der Waals surface area (Å²) in [4.78, 5) is 37.8. The number of anilines is 2. The van der Waals surface area contributed by atoms with Crippen LogP contribution < -0.4 is 15.6 Å². The lowest BCUT2D eigenvalue weighted by Gasteiger charge is -2.16. The van der Waals surface area contributed by atoms with E-state index in [2.05, 4.69) is 25.0 Å². The topological polar surface area (TPSA) is 136 Å². The molecule has 0 bridgehead atoms. The molecule has 0 radical (unpaired) electrons. The molecule has 12 heteroatoms. The van der Waals surface area contributed by atoms with E-state index in [-0.39, 0.29) is 22.3 Å². The van der Waals surface area contributed by atoms with Crippen LogP contribution in [-0.4, -0.2) is 39.1 Å². The van der Waals surface area contributed by atoms with Crippen LogP contribution >= 0.6 is 11.8 Å². The van der Waals surface area contributed by atoms with Crippen LogP contribution in [0.5, 0.6) is 0 Å². The lowest BCUT2D eigenvalue weighted by Crippen LogP contribution is -2.27. The van der Waals surface area contributed by atoms with Gasteiger partial charge in [0.1, 0.15) is 0 Å². The quantitative estimate of drug-likeness (QED) is 0.273. The van der Waals surface area contributed by atoms with Gasteiger partial charge in [-0.2, -0.15) is 0 Å². The molecule has 180 valence electrons. The standard InChI is InChI=1S/C23H22N6O4S2/c1-3-19(34-23-27-18-8-5-4-7-17(18)21(31)29(23)2)20(30)26-15-9-11-16(12-10-15)35(32,33)28-22-24-13-6-14-25-22/h4-14,19H,3H2,1-2H3,(H,26,30)(H,24,25,28). The Morgan fingerprint density at radius 1 is 1.06 bits per heavy atom. The molecule has 2 heterocycles. The van der Waals surface area contributed by atoms with Crippen molar-refractivity contribution in [1.29, 1.82) is 0 Å². The minimum Gasteiger partial charge on any atom is -0.325 e. The van der Waals surface area contributed by atoms with Gasteiger partial charge in [-0.15, -0.1) is 0 Å². The van der Waals surface area contributed by atoms with Crippen molar-refractivity contribution in [3.8, 4) is 0 Å². The molecule has 0 saturated heterocycles. The number of thioether (sulfide) groups is 1. The molecule has 2 aromatic carbocycles.